The standard InChI is InChI=1S/C9H21NO/c1-8(2)5-6-9(3,11)7-10-4/h8,10-11H,5-7H2,1-4H3. The van der Waals surface area contributed by atoms with Crippen LogP contribution in [0.25, 0.3) is 0 Å². The van der Waals surface area contributed by atoms with Gasteiger partial charge in [0.05, 0.1) is 5.60 Å². The van der Waals surface area contributed by atoms with Gasteiger partial charge in [-0.1, -0.05) is 13.8 Å². The molecule has 1 unspecified atom stereocenters. The average molecular weight is 159 g/mol. The number of hydrogen-bond donors (Lipinski definition) is 2. The molecule has 0 aliphatic carbocycles. The zero-order chi connectivity index (χ0) is 8.91. The summed E-state index contributed by atoms with van der Waals surface area (Å²) in [5, 5.41) is 12.7. The molecule has 1 atom stereocenters. The number of rotatable bonds is 5. The Labute approximate surface area is 70.0 Å². The summed E-state index contributed by atoms with van der Waals surface area (Å²) in [4.78, 5) is 0. The van der Waals surface area contributed by atoms with E-state index in [0.717, 1.165) is 12.8 Å². The molecule has 0 rings (SSSR count). The van der Waals surface area contributed by atoms with Crippen LogP contribution in [0, 0.1) is 5.92 Å². The molecular weight excluding hydrogens is 138 g/mol. The zero-order valence-corrected chi connectivity index (χ0v) is 8.15. The van der Waals surface area contributed by atoms with Gasteiger partial charge in [0.1, 0.15) is 0 Å². The van der Waals surface area contributed by atoms with Crippen LogP contribution in [0.15, 0.2) is 0 Å². The summed E-state index contributed by atoms with van der Waals surface area (Å²) in [5.74, 6) is 0.679. The normalized spacial score (nSPS) is 16.9. The maximum absolute atomic E-state index is 9.70. The van der Waals surface area contributed by atoms with Crippen molar-refractivity contribution in [3.63, 3.8) is 0 Å². The molecule has 0 bridgehead atoms. The summed E-state index contributed by atoms with van der Waals surface area (Å²) in [6, 6.07) is 0. The second-order valence-electron chi connectivity index (χ2n) is 3.96. The number of nitrogens with one attached hydrogen (secondary N) is 1. The molecule has 0 saturated heterocycles. The SMILES string of the molecule is CNCC(C)(O)CCC(C)C. The van der Waals surface area contributed by atoms with E-state index < -0.39 is 5.60 Å². The summed E-state index contributed by atoms with van der Waals surface area (Å²) in [6.07, 6.45) is 1.97. The highest BCUT2D eigenvalue weighted by molar-refractivity contribution is 4.74. The van der Waals surface area contributed by atoms with Crippen molar-refractivity contribution in [3.05, 3.63) is 0 Å². The van der Waals surface area contributed by atoms with Gasteiger partial charge >= 0.3 is 0 Å². The van der Waals surface area contributed by atoms with Crippen molar-refractivity contribution in [1.29, 1.82) is 0 Å². The van der Waals surface area contributed by atoms with Crippen molar-refractivity contribution in [1.82, 2.24) is 5.32 Å². The molecule has 0 aromatic rings. The van der Waals surface area contributed by atoms with E-state index in [4.69, 9.17) is 0 Å². The van der Waals surface area contributed by atoms with Crippen LogP contribution in [-0.4, -0.2) is 24.3 Å². The van der Waals surface area contributed by atoms with Gasteiger partial charge in [-0.3, -0.25) is 0 Å². The molecule has 2 nitrogen and oxygen atoms in total. The summed E-state index contributed by atoms with van der Waals surface area (Å²) in [7, 11) is 1.86. The maximum Gasteiger partial charge on any atom is 0.0743 e. The predicted molar refractivity (Wildman–Crippen MR) is 48.6 cm³/mol. The third-order valence-electron chi connectivity index (χ3n) is 1.82. The van der Waals surface area contributed by atoms with Gasteiger partial charge in [0, 0.05) is 6.54 Å². The smallest absolute Gasteiger partial charge is 0.0743 e. The van der Waals surface area contributed by atoms with Crippen molar-refractivity contribution >= 4 is 0 Å². The molecule has 0 saturated carbocycles. The Morgan fingerprint density at radius 1 is 1.45 bits per heavy atom. The van der Waals surface area contributed by atoms with E-state index in [-0.39, 0.29) is 0 Å². The van der Waals surface area contributed by atoms with Crippen molar-refractivity contribution < 1.29 is 5.11 Å². The molecule has 0 aromatic carbocycles. The van der Waals surface area contributed by atoms with Gasteiger partial charge < -0.3 is 10.4 Å². The van der Waals surface area contributed by atoms with E-state index in [2.05, 4.69) is 19.2 Å². The molecule has 2 N–H and O–H groups in total. The van der Waals surface area contributed by atoms with E-state index >= 15 is 0 Å². The van der Waals surface area contributed by atoms with Crippen LogP contribution in [0.3, 0.4) is 0 Å². The number of aliphatic hydroxyl groups is 1. The summed E-state index contributed by atoms with van der Waals surface area (Å²) < 4.78 is 0. The molecule has 2 heteroatoms. The summed E-state index contributed by atoms with van der Waals surface area (Å²) in [5.41, 5.74) is -0.529. The minimum absolute atomic E-state index is 0.529. The van der Waals surface area contributed by atoms with Gasteiger partial charge in [0.2, 0.25) is 0 Å². The van der Waals surface area contributed by atoms with Gasteiger partial charge in [0.25, 0.3) is 0 Å². The fourth-order valence-corrected chi connectivity index (χ4v) is 1.07. The average Bonchev–Trinajstić information content (AvgIpc) is 1.84. The van der Waals surface area contributed by atoms with Gasteiger partial charge in [0.15, 0.2) is 0 Å². The van der Waals surface area contributed by atoms with E-state index in [1.807, 2.05) is 14.0 Å². The second kappa shape index (κ2) is 4.73. The lowest BCUT2D eigenvalue weighted by atomic mass is 9.95. The van der Waals surface area contributed by atoms with Crippen molar-refractivity contribution in [2.45, 2.75) is 39.2 Å². The van der Waals surface area contributed by atoms with Crippen molar-refractivity contribution in [2.75, 3.05) is 13.6 Å². The van der Waals surface area contributed by atoms with Gasteiger partial charge in [-0.25, -0.2) is 0 Å². The molecular formula is C9H21NO. The third-order valence-corrected chi connectivity index (χ3v) is 1.82. The Kier molecular flexibility index (Phi) is 4.69. The largest absolute Gasteiger partial charge is 0.389 e. The first-order valence-electron chi connectivity index (χ1n) is 4.35. The van der Waals surface area contributed by atoms with Crippen LogP contribution < -0.4 is 5.32 Å². The quantitative estimate of drug-likeness (QED) is 0.635. The van der Waals surface area contributed by atoms with Crippen LogP contribution in [0.2, 0.25) is 0 Å². The zero-order valence-electron chi connectivity index (χ0n) is 8.15. The number of hydrogen-bond acceptors (Lipinski definition) is 2. The van der Waals surface area contributed by atoms with Crippen LogP contribution in [0.5, 0.6) is 0 Å². The highest BCUT2D eigenvalue weighted by Gasteiger charge is 2.18. The minimum atomic E-state index is -0.529. The Bertz CT molecular complexity index is 99.7. The third kappa shape index (κ3) is 6.32. The Morgan fingerprint density at radius 2 is 2.00 bits per heavy atom. The molecule has 0 aliphatic heterocycles. The van der Waals surface area contributed by atoms with Crippen LogP contribution in [0.1, 0.15) is 33.6 Å². The topological polar surface area (TPSA) is 32.3 Å². The highest BCUT2D eigenvalue weighted by atomic mass is 16.3. The lowest BCUT2D eigenvalue weighted by Gasteiger charge is -2.23. The van der Waals surface area contributed by atoms with E-state index in [1.54, 1.807) is 0 Å². The van der Waals surface area contributed by atoms with Crippen LogP contribution in [0.4, 0.5) is 0 Å². The lowest BCUT2D eigenvalue weighted by Crippen LogP contribution is -2.36. The lowest BCUT2D eigenvalue weighted by molar-refractivity contribution is 0.0473. The minimum Gasteiger partial charge on any atom is -0.389 e. The van der Waals surface area contributed by atoms with E-state index in [0.29, 0.717) is 12.5 Å². The molecule has 0 aromatic heterocycles. The molecule has 0 spiro atoms. The fourth-order valence-electron chi connectivity index (χ4n) is 1.07. The van der Waals surface area contributed by atoms with Crippen molar-refractivity contribution in [3.8, 4) is 0 Å². The molecule has 68 valence electrons. The van der Waals surface area contributed by atoms with Crippen LogP contribution >= 0.6 is 0 Å². The monoisotopic (exact) mass is 159 g/mol. The Morgan fingerprint density at radius 3 is 2.36 bits per heavy atom. The summed E-state index contributed by atoms with van der Waals surface area (Å²) in [6.45, 7) is 6.91. The Hall–Kier alpha value is -0.0800. The molecule has 0 radical (unpaired) electrons. The summed E-state index contributed by atoms with van der Waals surface area (Å²) >= 11 is 0. The van der Waals surface area contributed by atoms with Crippen LogP contribution in [-0.2, 0) is 0 Å². The molecule has 0 aliphatic rings. The van der Waals surface area contributed by atoms with Crippen molar-refractivity contribution in [2.24, 2.45) is 5.92 Å². The first-order chi connectivity index (χ1) is 4.98. The Balaban J connectivity index is 3.54. The highest BCUT2D eigenvalue weighted by Crippen LogP contribution is 2.14. The molecule has 11 heavy (non-hydrogen) atoms. The van der Waals surface area contributed by atoms with Gasteiger partial charge in [-0.05, 0) is 32.7 Å². The molecule has 0 heterocycles. The first-order valence-corrected chi connectivity index (χ1v) is 4.35. The second-order valence-corrected chi connectivity index (χ2v) is 3.96. The number of likely N-dealkylation sites (N-methyl/N-ethyl adjacent to an activating group) is 1. The molecule has 0 fully saturated rings. The maximum atomic E-state index is 9.70. The predicted octanol–water partition coefficient (Wildman–Crippen LogP) is 1.39. The van der Waals surface area contributed by atoms with E-state index in [9.17, 15) is 5.11 Å². The van der Waals surface area contributed by atoms with E-state index in [1.165, 1.54) is 0 Å². The van der Waals surface area contributed by atoms with Gasteiger partial charge in [-0.15, -0.1) is 0 Å². The fraction of sp³-hybridized carbons (Fsp3) is 1.00. The first kappa shape index (κ1) is 10.9. The van der Waals surface area contributed by atoms with Gasteiger partial charge in [-0.2, -0.15) is 0 Å². The molecule has 0 amide bonds.